The van der Waals surface area contributed by atoms with Crippen molar-refractivity contribution in [2.45, 2.75) is 31.7 Å². The summed E-state index contributed by atoms with van der Waals surface area (Å²) in [6.45, 7) is 4.35. The van der Waals surface area contributed by atoms with Gasteiger partial charge in [-0.05, 0) is 20.3 Å². The molecule has 0 aliphatic carbocycles. The first kappa shape index (κ1) is 16.1. The molecule has 1 heterocycles. The highest BCUT2D eigenvalue weighted by Crippen LogP contribution is 2.18. The molecule has 8 heteroatoms. The van der Waals surface area contributed by atoms with Gasteiger partial charge in [-0.1, -0.05) is 0 Å². The maximum atomic E-state index is 12.2. The van der Waals surface area contributed by atoms with E-state index in [0.717, 1.165) is 0 Å². The van der Waals surface area contributed by atoms with Crippen LogP contribution in [0.25, 0.3) is 0 Å². The van der Waals surface area contributed by atoms with Crippen molar-refractivity contribution in [3.63, 3.8) is 0 Å². The van der Waals surface area contributed by atoms with Gasteiger partial charge < -0.3 is 9.84 Å². The molecule has 1 rings (SSSR count). The monoisotopic (exact) mass is 291 g/mol. The number of methoxy groups -OCH3 is 1. The molecule has 7 nitrogen and oxygen atoms in total. The van der Waals surface area contributed by atoms with Gasteiger partial charge in [0.25, 0.3) is 0 Å². The van der Waals surface area contributed by atoms with Gasteiger partial charge in [-0.15, -0.1) is 0 Å². The summed E-state index contributed by atoms with van der Waals surface area (Å²) in [5, 5.41) is 13.0. The van der Waals surface area contributed by atoms with E-state index in [9.17, 15) is 8.42 Å². The lowest BCUT2D eigenvalue weighted by atomic mass is 10.4. The fraction of sp³-hybridized carbons (Fsp3) is 0.727. The fourth-order valence-electron chi connectivity index (χ4n) is 1.88. The van der Waals surface area contributed by atoms with E-state index in [-0.39, 0.29) is 18.0 Å². The van der Waals surface area contributed by atoms with E-state index in [1.165, 1.54) is 4.68 Å². The van der Waals surface area contributed by atoms with Gasteiger partial charge in [0.05, 0.1) is 24.5 Å². The maximum Gasteiger partial charge on any atom is 0.244 e. The summed E-state index contributed by atoms with van der Waals surface area (Å²) in [5.41, 5.74) is 0.969. The number of aliphatic hydroxyl groups excluding tert-OH is 1. The minimum atomic E-state index is -3.57. The van der Waals surface area contributed by atoms with Crippen molar-refractivity contribution in [2.24, 2.45) is 0 Å². The number of aromatic nitrogens is 2. The second-order valence-electron chi connectivity index (χ2n) is 4.19. The van der Waals surface area contributed by atoms with Crippen LogP contribution in [0.4, 0.5) is 0 Å². The van der Waals surface area contributed by atoms with Gasteiger partial charge in [-0.3, -0.25) is 4.68 Å². The van der Waals surface area contributed by atoms with E-state index >= 15 is 0 Å². The normalized spacial score (nSPS) is 12.0. The lowest BCUT2D eigenvalue weighted by Gasteiger charge is -2.07. The molecule has 0 bridgehead atoms. The van der Waals surface area contributed by atoms with Gasteiger partial charge in [0.15, 0.2) is 0 Å². The Labute approximate surface area is 113 Å². The summed E-state index contributed by atoms with van der Waals surface area (Å²) in [7, 11) is -2.00. The number of aryl methyl sites for hydroxylation is 1. The van der Waals surface area contributed by atoms with Crippen molar-refractivity contribution in [1.82, 2.24) is 14.5 Å². The Bertz CT molecular complexity index is 510. The van der Waals surface area contributed by atoms with Crippen LogP contribution in [-0.2, 0) is 21.3 Å². The minimum Gasteiger partial charge on any atom is -0.394 e. The predicted octanol–water partition coefficient (Wildman–Crippen LogP) is -0.193. The minimum absolute atomic E-state index is 0.0806. The summed E-state index contributed by atoms with van der Waals surface area (Å²) in [4.78, 5) is 0.193. The van der Waals surface area contributed by atoms with Gasteiger partial charge in [0.1, 0.15) is 4.90 Å². The molecule has 110 valence electrons. The van der Waals surface area contributed by atoms with Crippen LogP contribution in [0.3, 0.4) is 0 Å². The standard InChI is InChI=1S/C11H21N3O4S/c1-9-11(10(2)14(13-9)6-7-15)19(16,17)12-5-4-8-18-3/h12,15H,4-8H2,1-3H3. The summed E-state index contributed by atoms with van der Waals surface area (Å²) >= 11 is 0. The highest BCUT2D eigenvalue weighted by molar-refractivity contribution is 7.89. The number of ether oxygens (including phenoxy) is 1. The van der Waals surface area contributed by atoms with Crippen molar-refractivity contribution in [3.05, 3.63) is 11.4 Å². The zero-order chi connectivity index (χ0) is 14.5. The third kappa shape index (κ3) is 4.00. The molecule has 2 N–H and O–H groups in total. The zero-order valence-corrected chi connectivity index (χ0v) is 12.3. The van der Waals surface area contributed by atoms with E-state index in [1.807, 2.05) is 0 Å². The number of nitrogens with one attached hydrogen (secondary N) is 1. The number of hydrogen-bond acceptors (Lipinski definition) is 5. The molecule has 1 aromatic rings. The largest absolute Gasteiger partial charge is 0.394 e. The topological polar surface area (TPSA) is 93.5 Å². The van der Waals surface area contributed by atoms with Crippen LogP contribution >= 0.6 is 0 Å². The highest BCUT2D eigenvalue weighted by Gasteiger charge is 2.23. The Morgan fingerprint density at radius 1 is 1.42 bits per heavy atom. The van der Waals surface area contributed by atoms with E-state index in [2.05, 4.69) is 9.82 Å². The van der Waals surface area contributed by atoms with Crippen LogP contribution in [0.5, 0.6) is 0 Å². The Hall–Kier alpha value is -0.960. The van der Waals surface area contributed by atoms with Crippen molar-refractivity contribution >= 4 is 10.0 Å². The summed E-state index contributed by atoms with van der Waals surface area (Å²) in [6, 6.07) is 0. The lowest BCUT2D eigenvalue weighted by molar-refractivity contribution is 0.196. The molecule has 1 aromatic heterocycles. The van der Waals surface area contributed by atoms with Crippen LogP contribution in [0.1, 0.15) is 17.8 Å². The summed E-state index contributed by atoms with van der Waals surface area (Å²) in [5.74, 6) is 0. The summed E-state index contributed by atoms with van der Waals surface area (Å²) < 4.78 is 33.3. The molecule has 0 aliphatic heterocycles. The Morgan fingerprint density at radius 3 is 2.68 bits per heavy atom. The van der Waals surface area contributed by atoms with E-state index in [4.69, 9.17) is 9.84 Å². The Kier molecular flexibility index (Phi) is 5.92. The van der Waals surface area contributed by atoms with Gasteiger partial charge in [-0.25, -0.2) is 13.1 Å². The highest BCUT2D eigenvalue weighted by atomic mass is 32.2. The molecular formula is C11H21N3O4S. The molecule has 0 amide bonds. The average Bonchev–Trinajstić information content (AvgIpc) is 2.61. The maximum absolute atomic E-state index is 12.2. The van der Waals surface area contributed by atoms with Crippen LogP contribution in [0.15, 0.2) is 4.90 Å². The van der Waals surface area contributed by atoms with Gasteiger partial charge in [-0.2, -0.15) is 5.10 Å². The van der Waals surface area contributed by atoms with E-state index in [0.29, 0.717) is 31.0 Å². The first-order valence-corrected chi connectivity index (χ1v) is 7.55. The van der Waals surface area contributed by atoms with Crippen LogP contribution in [0, 0.1) is 13.8 Å². The third-order valence-electron chi connectivity index (χ3n) is 2.71. The summed E-state index contributed by atoms with van der Waals surface area (Å²) in [6.07, 6.45) is 0.610. The molecule has 0 fully saturated rings. The van der Waals surface area contributed by atoms with Crippen LogP contribution < -0.4 is 4.72 Å². The molecule has 0 unspecified atom stereocenters. The lowest BCUT2D eigenvalue weighted by Crippen LogP contribution is -2.26. The number of sulfonamides is 1. The molecule has 0 aliphatic rings. The molecule has 0 spiro atoms. The Morgan fingerprint density at radius 2 is 2.11 bits per heavy atom. The molecule has 19 heavy (non-hydrogen) atoms. The SMILES string of the molecule is COCCCNS(=O)(=O)c1c(C)nn(CCO)c1C. The van der Waals surface area contributed by atoms with Gasteiger partial charge in [0, 0.05) is 20.3 Å². The first-order valence-electron chi connectivity index (χ1n) is 6.07. The van der Waals surface area contributed by atoms with Crippen molar-refractivity contribution in [3.8, 4) is 0 Å². The first-order chi connectivity index (χ1) is 8.94. The number of rotatable bonds is 8. The van der Waals surface area contributed by atoms with Crippen molar-refractivity contribution in [1.29, 1.82) is 0 Å². The molecule has 0 radical (unpaired) electrons. The third-order valence-corrected chi connectivity index (χ3v) is 4.43. The molecule has 0 aromatic carbocycles. The average molecular weight is 291 g/mol. The van der Waals surface area contributed by atoms with Crippen molar-refractivity contribution in [2.75, 3.05) is 26.9 Å². The quantitative estimate of drug-likeness (QED) is 0.647. The second kappa shape index (κ2) is 6.99. The van der Waals surface area contributed by atoms with E-state index in [1.54, 1.807) is 21.0 Å². The molecule has 0 atom stereocenters. The number of nitrogens with zero attached hydrogens (tertiary/aromatic N) is 2. The molecule has 0 saturated heterocycles. The zero-order valence-electron chi connectivity index (χ0n) is 11.5. The molecule has 0 saturated carbocycles. The fourth-order valence-corrected chi connectivity index (χ4v) is 3.36. The smallest absolute Gasteiger partial charge is 0.244 e. The van der Waals surface area contributed by atoms with Crippen molar-refractivity contribution < 1.29 is 18.3 Å². The van der Waals surface area contributed by atoms with Gasteiger partial charge >= 0.3 is 0 Å². The van der Waals surface area contributed by atoms with Gasteiger partial charge in [0.2, 0.25) is 10.0 Å². The van der Waals surface area contributed by atoms with Crippen LogP contribution in [0.2, 0.25) is 0 Å². The van der Waals surface area contributed by atoms with Crippen LogP contribution in [-0.4, -0.2) is 50.2 Å². The van der Waals surface area contributed by atoms with E-state index < -0.39 is 10.0 Å². The predicted molar refractivity (Wildman–Crippen MR) is 70.5 cm³/mol. The second-order valence-corrected chi connectivity index (χ2v) is 5.89. The molecular weight excluding hydrogens is 270 g/mol. The number of hydrogen-bond donors (Lipinski definition) is 2. The number of aliphatic hydroxyl groups is 1. The Balaban J connectivity index is 2.89.